The van der Waals surface area contributed by atoms with Crippen LogP contribution in [-0.2, 0) is 4.74 Å². The number of nitrogens with zero attached hydrogens (tertiary/aromatic N) is 3. The van der Waals surface area contributed by atoms with E-state index in [0.29, 0.717) is 5.84 Å². The molecule has 2 N–H and O–H groups in total. The highest BCUT2D eigenvalue weighted by Gasteiger charge is 2.23. The number of hydrogen-bond acceptors (Lipinski definition) is 6. The van der Waals surface area contributed by atoms with Crippen LogP contribution < -0.4 is 10.6 Å². The summed E-state index contributed by atoms with van der Waals surface area (Å²) >= 11 is 0. The summed E-state index contributed by atoms with van der Waals surface area (Å²) < 4.78 is 5.48. The van der Waals surface area contributed by atoms with E-state index in [1.165, 1.54) is 11.1 Å². The number of aromatic nitrogens is 1. The van der Waals surface area contributed by atoms with Gasteiger partial charge in [-0.25, -0.2) is 4.99 Å². The Morgan fingerprint density at radius 2 is 2.09 bits per heavy atom. The number of aliphatic imine (C=N–C) groups is 2. The van der Waals surface area contributed by atoms with Crippen molar-refractivity contribution in [2.75, 3.05) is 14.2 Å². The summed E-state index contributed by atoms with van der Waals surface area (Å²) in [6.45, 7) is 6.19. The van der Waals surface area contributed by atoms with Crippen LogP contribution in [0.4, 0.5) is 0 Å². The lowest BCUT2D eigenvalue weighted by Gasteiger charge is -2.23. The Bertz CT molecular complexity index is 1030. The maximum Gasteiger partial charge on any atom is 0.159 e. The first-order chi connectivity index (χ1) is 15.5. The molecule has 32 heavy (non-hydrogen) atoms. The largest absolute Gasteiger partial charge is 0.497 e. The van der Waals surface area contributed by atoms with E-state index in [0.717, 1.165) is 47.8 Å². The van der Waals surface area contributed by atoms with Crippen molar-refractivity contribution in [2.45, 2.75) is 46.1 Å². The average Bonchev–Trinajstić information content (AvgIpc) is 2.82. The molecule has 1 aromatic heterocycles. The number of pyridine rings is 1. The Hall–Kier alpha value is -3.41. The lowest BCUT2D eigenvalue weighted by molar-refractivity contribution is 0.305. The molecule has 3 rings (SSSR count). The molecule has 2 heterocycles. The Labute approximate surface area is 191 Å². The van der Waals surface area contributed by atoms with Crippen LogP contribution in [0.2, 0.25) is 0 Å². The summed E-state index contributed by atoms with van der Waals surface area (Å²) in [6, 6.07) is 3.77. The van der Waals surface area contributed by atoms with E-state index in [1.807, 2.05) is 38.3 Å². The zero-order valence-corrected chi connectivity index (χ0v) is 19.6. The molecular formula is C26H33N5O. The molecule has 1 atom stereocenters. The molecule has 1 aliphatic carbocycles. The lowest BCUT2D eigenvalue weighted by atomic mass is 9.96. The maximum absolute atomic E-state index is 5.48. The zero-order chi connectivity index (χ0) is 22.9. The van der Waals surface area contributed by atoms with Gasteiger partial charge in [-0.15, -0.1) is 0 Å². The molecule has 1 aromatic rings. The van der Waals surface area contributed by atoms with E-state index >= 15 is 0 Å². The monoisotopic (exact) mass is 431 g/mol. The summed E-state index contributed by atoms with van der Waals surface area (Å²) in [4.78, 5) is 13.9. The Balaban J connectivity index is 1.93. The van der Waals surface area contributed by atoms with Gasteiger partial charge in [0.2, 0.25) is 0 Å². The Kier molecular flexibility index (Phi) is 8.20. The van der Waals surface area contributed by atoms with Crippen molar-refractivity contribution >= 4 is 11.7 Å². The second-order valence-electron chi connectivity index (χ2n) is 7.72. The molecule has 0 spiro atoms. The molecule has 1 unspecified atom stereocenters. The van der Waals surface area contributed by atoms with Gasteiger partial charge in [-0.3, -0.25) is 9.98 Å². The standard InChI is InChI=1S/C26H33N5O/c1-6-22(32-5)16-23-19(3)29-25(21-12-9-15-28-17-21)31-26(23)30-24(27-4)14-13-20-11-8-7-10-18(20)2/h6,9-12,14-17,19,27H,7-8,13H2,1-5H3,(H,29,30,31)/b22-6+,23-16+,24-14+. The van der Waals surface area contributed by atoms with E-state index < -0.39 is 0 Å². The number of ether oxygens (including phenoxy) is 1. The number of hydrogen-bond donors (Lipinski definition) is 2. The first-order valence-electron chi connectivity index (χ1n) is 11.1. The summed E-state index contributed by atoms with van der Waals surface area (Å²) in [5, 5.41) is 6.77. The minimum atomic E-state index is -0.0976. The van der Waals surface area contributed by atoms with Crippen molar-refractivity contribution < 1.29 is 4.74 Å². The van der Waals surface area contributed by atoms with Crippen molar-refractivity contribution in [1.82, 2.24) is 15.6 Å². The highest BCUT2D eigenvalue weighted by Crippen LogP contribution is 2.22. The van der Waals surface area contributed by atoms with Crippen molar-refractivity contribution in [1.29, 1.82) is 0 Å². The van der Waals surface area contributed by atoms with Gasteiger partial charge in [-0.2, -0.15) is 0 Å². The predicted octanol–water partition coefficient (Wildman–Crippen LogP) is 4.81. The first-order valence-corrected chi connectivity index (χ1v) is 11.1. The number of nitrogens with one attached hydrogen (secondary N) is 2. The molecule has 6 heteroatoms. The minimum Gasteiger partial charge on any atom is -0.497 e. The zero-order valence-electron chi connectivity index (χ0n) is 19.6. The van der Waals surface area contributed by atoms with Gasteiger partial charge < -0.3 is 15.4 Å². The summed E-state index contributed by atoms with van der Waals surface area (Å²) in [6.07, 6.45) is 17.3. The van der Waals surface area contributed by atoms with Gasteiger partial charge in [0.05, 0.1) is 13.2 Å². The van der Waals surface area contributed by atoms with E-state index in [-0.39, 0.29) is 6.04 Å². The van der Waals surface area contributed by atoms with Gasteiger partial charge in [0.15, 0.2) is 5.84 Å². The topological polar surface area (TPSA) is 70.9 Å². The van der Waals surface area contributed by atoms with Crippen LogP contribution in [0.25, 0.3) is 0 Å². The van der Waals surface area contributed by atoms with Crippen molar-refractivity contribution in [2.24, 2.45) is 9.98 Å². The van der Waals surface area contributed by atoms with E-state index in [2.05, 4.69) is 47.7 Å². The van der Waals surface area contributed by atoms with E-state index in [1.54, 1.807) is 19.5 Å². The third kappa shape index (κ3) is 5.84. The molecule has 6 nitrogen and oxygen atoms in total. The van der Waals surface area contributed by atoms with Crippen LogP contribution in [0.5, 0.6) is 0 Å². The van der Waals surface area contributed by atoms with Gasteiger partial charge in [0.25, 0.3) is 0 Å². The summed E-state index contributed by atoms with van der Waals surface area (Å²) in [5.74, 6) is 3.07. The highest BCUT2D eigenvalue weighted by atomic mass is 16.5. The Morgan fingerprint density at radius 1 is 1.28 bits per heavy atom. The Morgan fingerprint density at radius 3 is 2.75 bits per heavy atom. The van der Waals surface area contributed by atoms with E-state index in [9.17, 15) is 0 Å². The number of rotatable bonds is 7. The maximum atomic E-state index is 5.48. The molecule has 0 saturated carbocycles. The molecule has 0 bridgehead atoms. The molecule has 1 aliphatic heterocycles. The highest BCUT2D eigenvalue weighted by molar-refractivity contribution is 6.14. The van der Waals surface area contributed by atoms with Crippen LogP contribution in [0, 0.1) is 0 Å². The smallest absolute Gasteiger partial charge is 0.159 e. The lowest BCUT2D eigenvalue weighted by Crippen LogP contribution is -2.36. The van der Waals surface area contributed by atoms with Crippen molar-refractivity contribution in [3.63, 3.8) is 0 Å². The molecule has 0 amide bonds. The second kappa shape index (κ2) is 11.3. The fourth-order valence-corrected chi connectivity index (χ4v) is 3.64. The quantitative estimate of drug-likeness (QED) is 0.608. The molecule has 0 aromatic carbocycles. The van der Waals surface area contributed by atoms with Gasteiger partial charge in [0.1, 0.15) is 17.4 Å². The average molecular weight is 432 g/mol. The van der Waals surface area contributed by atoms with Gasteiger partial charge in [-0.05, 0) is 76.0 Å². The summed E-state index contributed by atoms with van der Waals surface area (Å²) in [5.41, 5.74) is 4.57. The van der Waals surface area contributed by atoms with Crippen molar-refractivity contribution in [3.05, 3.63) is 88.8 Å². The number of methoxy groups -OCH3 is 1. The molecular weight excluding hydrogens is 398 g/mol. The van der Waals surface area contributed by atoms with Crippen molar-refractivity contribution in [3.8, 4) is 0 Å². The second-order valence-corrected chi connectivity index (χ2v) is 7.72. The van der Waals surface area contributed by atoms with Gasteiger partial charge in [-0.1, -0.05) is 17.7 Å². The predicted molar refractivity (Wildman–Crippen MR) is 132 cm³/mol. The third-order valence-corrected chi connectivity index (χ3v) is 5.56. The van der Waals surface area contributed by atoms with Crippen LogP contribution in [-0.4, -0.2) is 36.9 Å². The van der Waals surface area contributed by atoms with Gasteiger partial charge in [0, 0.05) is 30.6 Å². The SMILES string of the molecule is C/C=C(\C=C1\C(N/C(=C/CC2=CCCC=C2C)NC)=NC(c2cccnc2)=NC1C)OC. The third-order valence-electron chi connectivity index (χ3n) is 5.56. The molecule has 0 radical (unpaired) electrons. The van der Waals surface area contributed by atoms with Crippen LogP contribution in [0.3, 0.4) is 0 Å². The normalized spacial score (nSPS) is 20.8. The molecule has 2 aliphatic rings. The van der Waals surface area contributed by atoms with E-state index in [4.69, 9.17) is 14.7 Å². The fourth-order valence-electron chi connectivity index (χ4n) is 3.64. The first kappa shape index (κ1) is 23.3. The minimum absolute atomic E-state index is 0.0976. The number of amidine groups is 2. The molecule has 0 fully saturated rings. The van der Waals surface area contributed by atoms with Crippen LogP contribution >= 0.6 is 0 Å². The fraction of sp³-hybridized carbons (Fsp3) is 0.346. The number of allylic oxidation sites excluding steroid dienone is 7. The molecule has 0 saturated heterocycles. The van der Waals surface area contributed by atoms with Crippen LogP contribution in [0.15, 0.2) is 93.2 Å². The molecule has 168 valence electrons. The summed E-state index contributed by atoms with van der Waals surface area (Å²) in [7, 11) is 3.58. The van der Waals surface area contributed by atoms with Gasteiger partial charge >= 0.3 is 0 Å². The van der Waals surface area contributed by atoms with Crippen LogP contribution in [0.1, 0.15) is 45.6 Å².